The first-order valence-corrected chi connectivity index (χ1v) is 13.8. The predicted octanol–water partition coefficient (Wildman–Crippen LogP) is 5.01. The van der Waals surface area contributed by atoms with Crippen LogP contribution in [0.2, 0.25) is 0 Å². The molecule has 1 aromatic carbocycles. The summed E-state index contributed by atoms with van der Waals surface area (Å²) in [5.74, 6) is 5.17. The second-order valence-corrected chi connectivity index (χ2v) is 11.3. The zero-order chi connectivity index (χ0) is 31.8. The van der Waals surface area contributed by atoms with Crippen LogP contribution in [0, 0.1) is 24.6 Å². The number of nitrogens with one attached hydrogen (secondary N) is 1. The quantitative estimate of drug-likeness (QED) is 0.288. The summed E-state index contributed by atoms with van der Waals surface area (Å²) in [5, 5.41) is 7.88. The van der Waals surface area contributed by atoms with Gasteiger partial charge in [0.15, 0.2) is 5.82 Å². The Labute approximate surface area is 253 Å². The number of amides is 2. The van der Waals surface area contributed by atoms with Crippen molar-refractivity contribution in [2.24, 2.45) is 7.05 Å². The van der Waals surface area contributed by atoms with Gasteiger partial charge in [-0.1, -0.05) is 12.0 Å². The molecule has 0 bridgehead atoms. The fourth-order valence-corrected chi connectivity index (χ4v) is 4.53. The normalized spacial score (nSPS) is 12.0. The summed E-state index contributed by atoms with van der Waals surface area (Å²) in [7, 11) is 3.28. The van der Waals surface area contributed by atoms with Gasteiger partial charge in [-0.05, 0) is 70.9 Å². The number of hydrogen-bond acceptors (Lipinski definition) is 8. The van der Waals surface area contributed by atoms with E-state index in [4.69, 9.17) is 4.74 Å². The number of fused-ring (bicyclic) bond motifs is 2. The van der Waals surface area contributed by atoms with Crippen molar-refractivity contribution in [3.05, 3.63) is 71.7 Å². The van der Waals surface area contributed by atoms with E-state index in [1.54, 1.807) is 69.8 Å². The van der Waals surface area contributed by atoms with Gasteiger partial charge in [0.05, 0.1) is 11.4 Å². The van der Waals surface area contributed by atoms with E-state index in [1.807, 2.05) is 6.92 Å². The van der Waals surface area contributed by atoms with Crippen molar-refractivity contribution >= 4 is 39.8 Å². The number of rotatable bonds is 4. The Morgan fingerprint density at radius 3 is 2.61 bits per heavy atom. The van der Waals surface area contributed by atoms with Crippen molar-refractivity contribution in [2.45, 2.75) is 46.3 Å². The lowest BCUT2D eigenvalue weighted by molar-refractivity contribution is -0.120. The van der Waals surface area contributed by atoms with Crippen LogP contribution in [0.25, 0.3) is 33.2 Å². The molecule has 224 valence electrons. The number of benzene rings is 1. The second kappa shape index (κ2) is 11.7. The van der Waals surface area contributed by atoms with E-state index < -0.39 is 29.5 Å². The average Bonchev–Trinajstić information content (AvgIpc) is 3.27. The van der Waals surface area contributed by atoms with Crippen LogP contribution in [0.3, 0.4) is 0 Å². The topological polar surface area (TPSA) is 128 Å². The molecule has 1 unspecified atom stereocenters. The summed E-state index contributed by atoms with van der Waals surface area (Å²) in [6, 6.07) is 9.04. The summed E-state index contributed by atoms with van der Waals surface area (Å²) >= 11 is 0. The van der Waals surface area contributed by atoms with Crippen LogP contribution in [0.5, 0.6) is 0 Å². The highest BCUT2D eigenvalue weighted by Crippen LogP contribution is 2.29. The monoisotopic (exact) mass is 594 g/mol. The Bertz CT molecular complexity index is 1990. The first-order chi connectivity index (χ1) is 20.8. The average molecular weight is 595 g/mol. The number of carbonyl (C=O) groups excluding carboxylic acids is 2. The third kappa shape index (κ3) is 6.32. The molecule has 0 fully saturated rings. The Morgan fingerprint density at radius 1 is 1.09 bits per heavy atom. The van der Waals surface area contributed by atoms with Crippen LogP contribution in [0.15, 0.2) is 48.9 Å². The number of anilines is 1. The number of nitrogens with zero attached hydrogens (tertiary/aromatic N) is 7. The third-order valence-electron chi connectivity index (χ3n) is 6.77. The molecule has 5 rings (SSSR count). The number of hydrogen-bond donors (Lipinski definition) is 1. The largest absolute Gasteiger partial charge is 0.444 e. The molecule has 11 nitrogen and oxygen atoms in total. The van der Waals surface area contributed by atoms with Crippen molar-refractivity contribution in [3.8, 4) is 23.1 Å². The van der Waals surface area contributed by atoms with Gasteiger partial charge < -0.3 is 10.1 Å². The number of pyridine rings is 2. The van der Waals surface area contributed by atoms with Crippen molar-refractivity contribution < 1.29 is 18.7 Å². The number of aromatic nitrogens is 6. The molecule has 0 radical (unpaired) electrons. The molecule has 0 aliphatic carbocycles. The first kappa shape index (κ1) is 30.0. The highest BCUT2D eigenvalue weighted by atomic mass is 19.1. The van der Waals surface area contributed by atoms with Crippen LogP contribution in [-0.2, 0) is 16.6 Å². The van der Waals surface area contributed by atoms with Gasteiger partial charge in [-0.15, -0.1) is 0 Å². The lowest BCUT2D eigenvalue weighted by Gasteiger charge is -2.28. The maximum atomic E-state index is 14.7. The van der Waals surface area contributed by atoms with Crippen molar-refractivity contribution in [1.82, 2.24) is 34.6 Å². The molecule has 44 heavy (non-hydrogen) atoms. The first-order valence-electron chi connectivity index (χ1n) is 13.8. The molecule has 4 aromatic heterocycles. The molecule has 12 heteroatoms. The molecular weight excluding hydrogens is 563 g/mol. The molecule has 0 aliphatic heterocycles. The van der Waals surface area contributed by atoms with Gasteiger partial charge in [-0.2, -0.15) is 5.10 Å². The van der Waals surface area contributed by atoms with Gasteiger partial charge in [-0.3, -0.25) is 19.4 Å². The molecule has 2 amide bonds. The van der Waals surface area contributed by atoms with Crippen LogP contribution in [-0.4, -0.2) is 65.3 Å². The lowest BCUT2D eigenvalue weighted by atomic mass is 10.1. The minimum Gasteiger partial charge on any atom is -0.444 e. The highest BCUT2D eigenvalue weighted by Gasteiger charge is 2.27. The molecule has 0 aliphatic rings. The van der Waals surface area contributed by atoms with E-state index >= 15 is 0 Å². The number of aryl methyl sites for hydroxylation is 2. The van der Waals surface area contributed by atoms with Gasteiger partial charge >= 0.3 is 6.09 Å². The van der Waals surface area contributed by atoms with E-state index in [2.05, 4.69) is 42.2 Å². The SMILES string of the molecule is Cc1nn(C)c2c(-c3cc(C#Cc4cc(F)c5ncccc5c4)nc(NC(=O)C(C)N(C)C(=O)OC(C)(C)C)c3)ncnc12. The molecule has 0 spiro atoms. The lowest BCUT2D eigenvalue weighted by Crippen LogP contribution is -2.45. The van der Waals surface area contributed by atoms with E-state index in [9.17, 15) is 14.0 Å². The van der Waals surface area contributed by atoms with Gasteiger partial charge in [0, 0.05) is 36.8 Å². The standard InChI is InChI=1S/C32H31FN8O3/c1-18-26-29(41(7)39-18)28(36-17-35-26)22-15-23(11-10-20-13-21-9-8-12-34-27(21)24(33)14-20)37-25(16-22)38-30(42)19(2)40(6)31(43)44-32(3,4)5/h8-9,12-17,19H,1-7H3,(H,37,38,42). The van der Waals surface area contributed by atoms with Gasteiger partial charge in [0.1, 0.15) is 46.0 Å². The molecular formula is C32H31FN8O3. The number of halogens is 1. The smallest absolute Gasteiger partial charge is 0.410 e. The molecule has 1 atom stereocenters. The van der Waals surface area contributed by atoms with Crippen molar-refractivity contribution in [2.75, 3.05) is 12.4 Å². The molecule has 0 saturated heterocycles. The van der Waals surface area contributed by atoms with Gasteiger partial charge in [0.2, 0.25) is 5.91 Å². The Hall–Kier alpha value is -5.44. The Morgan fingerprint density at radius 2 is 1.86 bits per heavy atom. The zero-order valence-electron chi connectivity index (χ0n) is 25.4. The minimum atomic E-state index is -0.885. The molecule has 4 heterocycles. The number of ether oxygens (including phenoxy) is 1. The van der Waals surface area contributed by atoms with Crippen LogP contribution in [0.1, 0.15) is 44.6 Å². The van der Waals surface area contributed by atoms with Crippen LogP contribution < -0.4 is 5.32 Å². The Balaban J connectivity index is 1.55. The summed E-state index contributed by atoms with van der Waals surface area (Å²) in [4.78, 5) is 44.6. The summed E-state index contributed by atoms with van der Waals surface area (Å²) in [6.07, 6.45) is 2.34. The summed E-state index contributed by atoms with van der Waals surface area (Å²) in [6.45, 7) is 8.68. The minimum absolute atomic E-state index is 0.181. The maximum absolute atomic E-state index is 14.7. The fraction of sp³-hybridized carbons (Fsp3) is 0.281. The van der Waals surface area contributed by atoms with Gasteiger partial charge in [-0.25, -0.2) is 24.1 Å². The highest BCUT2D eigenvalue weighted by molar-refractivity contribution is 5.97. The number of carbonyl (C=O) groups is 2. The molecule has 5 aromatic rings. The number of likely N-dealkylation sites (N-methyl/N-ethyl adjacent to an activating group) is 1. The van der Waals surface area contributed by atoms with E-state index in [0.717, 1.165) is 5.69 Å². The fourth-order valence-electron chi connectivity index (χ4n) is 4.53. The zero-order valence-corrected chi connectivity index (χ0v) is 25.4. The molecule has 1 N–H and O–H groups in total. The van der Waals surface area contributed by atoms with Crippen LogP contribution in [0.4, 0.5) is 15.0 Å². The van der Waals surface area contributed by atoms with E-state index in [1.165, 1.54) is 30.5 Å². The van der Waals surface area contributed by atoms with Crippen molar-refractivity contribution in [1.29, 1.82) is 0 Å². The van der Waals surface area contributed by atoms with Crippen LogP contribution >= 0.6 is 0 Å². The van der Waals surface area contributed by atoms with Gasteiger partial charge in [0.25, 0.3) is 0 Å². The van der Waals surface area contributed by atoms with E-state index in [-0.39, 0.29) is 11.3 Å². The van der Waals surface area contributed by atoms with E-state index in [0.29, 0.717) is 38.9 Å². The summed E-state index contributed by atoms with van der Waals surface area (Å²) in [5.41, 5.74) is 3.52. The third-order valence-corrected chi connectivity index (χ3v) is 6.77. The maximum Gasteiger partial charge on any atom is 0.410 e. The predicted molar refractivity (Wildman–Crippen MR) is 164 cm³/mol. The second-order valence-electron chi connectivity index (χ2n) is 11.3. The Kier molecular flexibility index (Phi) is 7.97. The molecule has 0 saturated carbocycles. The van der Waals surface area contributed by atoms with Crippen molar-refractivity contribution in [3.63, 3.8) is 0 Å². The summed E-state index contributed by atoms with van der Waals surface area (Å²) < 4.78 is 21.8.